The highest BCUT2D eigenvalue weighted by Gasteiger charge is 2.17. The molecule has 2 N–H and O–H groups in total. The number of rotatable bonds is 8. The molecule has 2 aromatic carbocycles. The third-order valence-corrected chi connectivity index (χ3v) is 5.63. The molecule has 0 saturated carbocycles. The van der Waals surface area contributed by atoms with Crippen LogP contribution in [0, 0.1) is 0 Å². The molecule has 1 heterocycles. The minimum absolute atomic E-state index is 0.000412. The number of hydrogen-bond acceptors (Lipinski definition) is 3. The van der Waals surface area contributed by atoms with Crippen molar-refractivity contribution >= 4 is 17.2 Å². The molecular weight excluding hydrogens is 352 g/mol. The first-order chi connectivity index (χ1) is 13.2. The van der Waals surface area contributed by atoms with Gasteiger partial charge in [-0.25, -0.2) is 0 Å². The van der Waals surface area contributed by atoms with Gasteiger partial charge in [0.1, 0.15) is 0 Å². The number of hydrogen-bond donors (Lipinski definition) is 2. The summed E-state index contributed by atoms with van der Waals surface area (Å²) in [6, 6.07) is 22.8. The first-order valence-corrected chi connectivity index (χ1v) is 10.2. The van der Waals surface area contributed by atoms with Crippen LogP contribution in [0.25, 0.3) is 0 Å². The van der Waals surface area contributed by atoms with Crippen LogP contribution in [0.1, 0.15) is 47.5 Å². The minimum atomic E-state index is -0.0119. The monoisotopic (exact) mass is 378 g/mol. The highest BCUT2D eigenvalue weighted by molar-refractivity contribution is 7.10. The highest BCUT2D eigenvalue weighted by Crippen LogP contribution is 2.25. The van der Waals surface area contributed by atoms with Gasteiger partial charge in [0.25, 0.3) is 0 Å². The first kappa shape index (κ1) is 19.3. The van der Waals surface area contributed by atoms with Crippen LogP contribution in [0.3, 0.4) is 0 Å². The Morgan fingerprint density at radius 2 is 1.70 bits per heavy atom. The quantitative estimate of drug-likeness (QED) is 0.587. The largest absolute Gasteiger partial charge is 0.348 e. The van der Waals surface area contributed by atoms with Crippen LogP contribution in [-0.4, -0.2) is 12.5 Å². The van der Waals surface area contributed by atoms with Crippen molar-refractivity contribution in [1.82, 2.24) is 10.6 Å². The molecule has 3 aromatic rings. The number of amides is 1. The highest BCUT2D eigenvalue weighted by atomic mass is 32.1. The first-order valence-electron chi connectivity index (χ1n) is 9.37. The van der Waals surface area contributed by atoms with Gasteiger partial charge in [0, 0.05) is 4.88 Å². The van der Waals surface area contributed by atoms with Crippen molar-refractivity contribution in [2.75, 3.05) is 6.54 Å². The third kappa shape index (κ3) is 5.28. The second kappa shape index (κ2) is 9.49. The number of aryl methyl sites for hydroxylation is 1. The van der Waals surface area contributed by atoms with E-state index >= 15 is 0 Å². The van der Waals surface area contributed by atoms with E-state index in [4.69, 9.17) is 0 Å². The SMILES string of the molecule is CCc1ccc([C@@H](C)NC(=O)CN[C@@H](c2ccccc2)c2cccs2)cc1. The molecule has 1 amide bonds. The molecule has 0 fully saturated rings. The summed E-state index contributed by atoms with van der Waals surface area (Å²) in [7, 11) is 0. The van der Waals surface area contributed by atoms with Crippen LogP contribution in [0.4, 0.5) is 0 Å². The predicted octanol–water partition coefficient (Wildman–Crippen LogP) is 4.87. The molecule has 3 rings (SSSR count). The molecule has 4 heteroatoms. The average Bonchev–Trinajstić information content (AvgIpc) is 3.23. The summed E-state index contributed by atoms with van der Waals surface area (Å²) < 4.78 is 0. The molecule has 0 saturated heterocycles. The zero-order valence-electron chi connectivity index (χ0n) is 15.8. The second-order valence-electron chi connectivity index (χ2n) is 6.62. The molecule has 140 valence electrons. The van der Waals surface area contributed by atoms with E-state index in [1.54, 1.807) is 11.3 Å². The maximum Gasteiger partial charge on any atom is 0.234 e. The lowest BCUT2D eigenvalue weighted by atomic mass is 10.0. The van der Waals surface area contributed by atoms with Crippen LogP contribution in [-0.2, 0) is 11.2 Å². The Hall–Kier alpha value is -2.43. The lowest BCUT2D eigenvalue weighted by Crippen LogP contribution is -2.37. The maximum atomic E-state index is 12.5. The summed E-state index contributed by atoms with van der Waals surface area (Å²) in [6.07, 6.45) is 1.02. The van der Waals surface area contributed by atoms with Crippen LogP contribution >= 0.6 is 11.3 Å². The van der Waals surface area contributed by atoms with Crippen molar-refractivity contribution in [3.05, 3.63) is 93.7 Å². The molecule has 1 aromatic heterocycles. The normalized spacial score (nSPS) is 13.1. The van der Waals surface area contributed by atoms with Crippen molar-refractivity contribution in [1.29, 1.82) is 0 Å². The summed E-state index contributed by atoms with van der Waals surface area (Å²) in [6.45, 7) is 4.43. The topological polar surface area (TPSA) is 41.1 Å². The van der Waals surface area contributed by atoms with E-state index in [1.165, 1.54) is 10.4 Å². The number of nitrogens with one attached hydrogen (secondary N) is 2. The average molecular weight is 379 g/mol. The van der Waals surface area contributed by atoms with E-state index in [0.717, 1.165) is 17.5 Å². The van der Waals surface area contributed by atoms with E-state index in [-0.39, 0.29) is 24.5 Å². The van der Waals surface area contributed by atoms with Gasteiger partial charge in [0.2, 0.25) is 5.91 Å². The fourth-order valence-corrected chi connectivity index (χ4v) is 3.92. The molecule has 0 radical (unpaired) electrons. The summed E-state index contributed by atoms with van der Waals surface area (Å²) in [4.78, 5) is 13.7. The Balaban J connectivity index is 1.60. The van der Waals surface area contributed by atoms with Crippen molar-refractivity contribution in [3.8, 4) is 0 Å². The Kier molecular flexibility index (Phi) is 6.80. The number of carbonyl (C=O) groups excluding carboxylic acids is 1. The van der Waals surface area contributed by atoms with Gasteiger partial charge in [-0.1, -0.05) is 67.6 Å². The molecule has 3 nitrogen and oxygen atoms in total. The van der Waals surface area contributed by atoms with Crippen molar-refractivity contribution in [2.45, 2.75) is 32.4 Å². The lowest BCUT2D eigenvalue weighted by molar-refractivity contribution is -0.121. The van der Waals surface area contributed by atoms with Crippen molar-refractivity contribution < 1.29 is 4.79 Å². The fraction of sp³-hybridized carbons (Fsp3) is 0.261. The fourth-order valence-electron chi connectivity index (χ4n) is 3.10. The van der Waals surface area contributed by atoms with Gasteiger partial charge < -0.3 is 5.32 Å². The standard InChI is InChI=1S/C23H26N2OS/c1-3-18-11-13-19(14-12-18)17(2)25-22(26)16-24-23(21-10-7-15-27-21)20-8-5-4-6-9-20/h4-15,17,23-24H,3,16H2,1-2H3,(H,25,26)/t17-,23+/m1/s1. The minimum Gasteiger partial charge on any atom is -0.348 e. The Bertz CT molecular complexity index is 829. The Morgan fingerprint density at radius 1 is 0.963 bits per heavy atom. The summed E-state index contributed by atoms with van der Waals surface area (Å²) in [5, 5.41) is 8.56. The molecule has 0 unspecified atom stereocenters. The van der Waals surface area contributed by atoms with Gasteiger partial charge in [-0.2, -0.15) is 0 Å². The maximum absolute atomic E-state index is 12.5. The molecule has 0 spiro atoms. The molecular formula is C23H26N2OS. The number of thiophene rings is 1. The molecule has 0 aliphatic rings. The second-order valence-corrected chi connectivity index (χ2v) is 7.60. The van der Waals surface area contributed by atoms with Crippen LogP contribution in [0.2, 0.25) is 0 Å². The third-order valence-electron chi connectivity index (χ3n) is 4.69. The van der Waals surface area contributed by atoms with Crippen LogP contribution in [0.15, 0.2) is 72.1 Å². The molecule has 0 aliphatic carbocycles. The zero-order chi connectivity index (χ0) is 19.1. The van der Waals surface area contributed by atoms with Gasteiger partial charge in [-0.05, 0) is 41.5 Å². The molecule has 2 atom stereocenters. The van der Waals surface area contributed by atoms with E-state index in [1.807, 2.05) is 31.2 Å². The van der Waals surface area contributed by atoms with E-state index < -0.39 is 0 Å². The van der Waals surface area contributed by atoms with Gasteiger partial charge in [-0.15, -0.1) is 11.3 Å². The van der Waals surface area contributed by atoms with Gasteiger partial charge in [0.15, 0.2) is 0 Å². The molecule has 0 bridgehead atoms. The van der Waals surface area contributed by atoms with Crippen LogP contribution in [0.5, 0.6) is 0 Å². The number of benzene rings is 2. The van der Waals surface area contributed by atoms with Crippen LogP contribution < -0.4 is 10.6 Å². The van der Waals surface area contributed by atoms with Gasteiger partial charge >= 0.3 is 0 Å². The predicted molar refractivity (Wildman–Crippen MR) is 113 cm³/mol. The van der Waals surface area contributed by atoms with Gasteiger partial charge in [0.05, 0.1) is 18.6 Å². The zero-order valence-corrected chi connectivity index (χ0v) is 16.6. The van der Waals surface area contributed by atoms with E-state index in [2.05, 4.69) is 65.4 Å². The Labute approximate surface area is 165 Å². The molecule has 27 heavy (non-hydrogen) atoms. The summed E-state index contributed by atoms with van der Waals surface area (Å²) >= 11 is 1.70. The smallest absolute Gasteiger partial charge is 0.234 e. The van der Waals surface area contributed by atoms with E-state index in [9.17, 15) is 4.79 Å². The lowest BCUT2D eigenvalue weighted by Gasteiger charge is -2.19. The molecule has 0 aliphatic heterocycles. The number of carbonyl (C=O) groups is 1. The summed E-state index contributed by atoms with van der Waals surface area (Å²) in [5.41, 5.74) is 3.59. The van der Waals surface area contributed by atoms with Crippen molar-refractivity contribution in [2.24, 2.45) is 0 Å². The summed E-state index contributed by atoms with van der Waals surface area (Å²) in [5.74, 6) is -0.000412. The Morgan fingerprint density at radius 3 is 2.33 bits per heavy atom. The van der Waals surface area contributed by atoms with E-state index in [0.29, 0.717) is 0 Å². The van der Waals surface area contributed by atoms with Gasteiger partial charge in [-0.3, -0.25) is 10.1 Å². The van der Waals surface area contributed by atoms with Crippen molar-refractivity contribution in [3.63, 3.8) is 0 Å².